The van der Waals surface area contributed by atoms with Crippen molar-refractivity contribution in [1.82, 2.24) is 19.6 Å². The Labute approximate surface area is 162 Å². The minimum absolute atomic E-state index is 0.312. The smallest absolute Gasteiger partial charge is 0.481 e. The number of alkyl halides is 3. The number of hydrogen-bond donors (Lipinski definition) is 1. The van der Waals surface area contributed by atoms with Crippen molar-refractivity contribution in [3.05, 3.63) is 61.1 Å². The fourth-order valence-corrected chi connectivity index (χ4v) is 2.73. The van der Waals surface area contributed by atoms with Crippen molar-refractivity contribution >= 4 is 17.2 Å². The number of anilines is 2. The summed E-state index contributed by atoms with van der Waals surface area (Å²) in [6, 6.07) is 10.9. The minimum atomic E-state index is -4.76. The van der Waals surface area contributed by atoms with Gasteiger partial charge in [-0.2, -0.15) is 5.10 Å². The number of ether oxygens (including phenoxy) is 2. The van der Waals surface area contributed by atoms with E-state index < -0.39 is 6.36 Å². The second-order valence-corrected chi connectivity index (χ2v) is 5.93. The predicted molar refractivity (Wildman–Crippen MR) is 99.2 cm³/mol. The van der Waals surface area contributed by atoms with E-state index in [4.69, 9.17) is 4.74 Å². The number of halogens is 3. The maximum absolute atomic E-state index is 12.5. The molecule has 0 amide bonds. The number of rotatable bonds is 5. The van der Waals surface area contributed by atoms with Crippen molar-refractivity contribution in [2.45, 2.75) is 6.36 Å². The zero-order valence-corrected chi connectivity index (χ0v) is 15.0. The Bertz CT molecular complexity index is 1140. The summed E-state index contributed by atoms with van der Waals surface area (Å²) < 4.78 is 48.1. The third-order valence-corrected chi connectivity index (χ3v) is 3.97. The average molecular weight is 401 g/mol. The van der Waals surface area contributed by atoms with Crippen molar-refractivity contribution in [1.29, 1.82) is 0 Å². The number of nitrogens with one attached hydrogen (secondary N) is 1. The van der Waals surface area contributed by atoms with E-state index in [9.17, 15) is 13.2 Å². The highest BCUT2D eigenvalue weighted by atomic mass is 19.4. The van der Waals surface area contributed by atoms with Crippen LogP contribution < -0.4 is 14.8 Å². The van der Waals surface area contributed by atoms with E-state index in [1.54, 1.807) is 36.7 Å². The molecule has 4 aromatic rings. The van der Waals surface area contributed by atoms with E-state index in [1.807, 2.05) is 0 Å². The van der Waals surface area contributed by atoms with Crippen LogP contribution in [0.15, 0.2) is 61.1 Å². The largest absolute Gasteiger partial charge is 0.573 e. The van der Waals surface area contributed by atoms with Crippen molar-refractivity contribution in [3.63, 3.8) is 0 Å². The number of nitrogens with zero attached hydrogens (tertiary/aromatic N) is 4. The number of pyridine rings is 1. The Morgan fingerprint density at radius 3 is 2.66 bits per heavy atom. The molecule has 0 fully saturated rings. The normalized spacial score (nSPS) is 11.4. The molecule has 4 rings (SSSR count). The second-order valence-electron chi connectivity index (χ2n) is 5.93. The number of benzene rings is 1. The van der Waals surface area contributed by atoms with Gasteiger partial charge in [0.2, 0.25) is 5.88 Å². The van der Waals surface area contributed by atoms with Gasteiger partial charge < -0.3 is 14.8 Å². The first-order valence-electron chi connectivity index (χ1n) is 8.39. The van der Waals surface area contributed by atoms with Gasteiger partial charge in [-0.3, -0.25) is 0 Å². The molecule has 0 aliphatic rings. The summed E-state index contributed by atoms with van der Waals surface area (Å²) in [5, 5.41) is 7.32. The van der Waals surface area contributed by atoms with E-state index in [0.717, 1.165) is 0 Å². The highest BCUT2D eigenvalue weighted by molar-refractivity contribution is 5.78. The molecule has 0 unspecified atom stereocenters. The fourth-order valence-electron chi connectivity index (χ4n) is 2.73. The van der Waals surface area contributed by atoms with Gasteiger partial charge in [0.25, 0.3) is 0 Å². The van der Waals surface area contributed by atoms with Gasteiger partial charge in [-0.05, 0) is 29.8 Å². The molecule has 0 saturated heterocycles. The Balaban J connectivity index is 1.66. The topological polar surface area (TPSA) is 73.6 Å². The van der Waals surface area contributed by atoms with Crippen LogP contribution in [0.3, 0.4) is 0 Å². The molecule has 3 heterocycles. The van der Waals surface area contributed by atoms with Crippen molar-refractivity contribution in [2.24, 2.45) is 0 Å². The molecule has 10 heteroatoms. The maximum atomic E-state index is 12.5. The lowest BCUT2D eigenvalue weighted by atomic mass is 10.1. The van der Waals surface area contributed by atoms with Crippen LogP contribution in [-0.4, -0.2) is 33.1 Å². The number of fused-ring (bicyclic) bond motifs is 1. The van der Waals surface area contributed by atoms with Crippen molar-refractivity contribution in [2.75, 3.05) is 12.4 Å². The molecule has 0 saturated carbocycles. The summed E-state index contributed by atoms with van der Waals surface area (Å²) in [7, 11) is 1.53. The first-order valence-corrected chi connectivity index (χ1v) is 8.39. The Morgan fingerprint density at radius 2 is 1.93 bits per heavy atom. The van der Waals surface area contributed by atoms with Gasteiger partial charge in [0.1, 0.15) is 11.6 Å². The standard InChI is InChI=1S/C19H14F3N5O2/c1-28-17-6-5-13(10-23-17)25-16-7-8-27-18(26-16)15(11-24-27)12-3-2-4-14(9-12)29-19(20,21)22/h2-11H,1H3,(H,25,26). The monoisotopic (exact) mass is 401 g/mol. The third-order valence-electron chi connectivity index (χ3n) is 3.97. The molecule has 0 atom stereocenters. The Hall–Kier alpha value is -3.82. The van der Waals surface area contributed by atoms with E-state index >= 15 is 0 Å². The van der Waals surface area contributed by atoms with Crippen LogP contribution in [0.25, 0.3) is 16.8 Å². The molecule has 0 bridgehead atoms. The molecule has 0 aliphatic carbocycles. The molecule has 0 radical (unpaired) electrons. The first kappa shape index (κ1) is 18.5. The lowest BCUT2D eigenvalue weighted by Gasteiger charge is -2.10. The Kier molecular flexibility index (Phi) is 4.67. The lowest BCUT2D eigenvalue weighted by Crippen LogP contribution is -2.17. The first-order chi connectivity index (χ1) is 13.9. The molecule has 148 valence electrons. The van der Waals surface area contributed by atoms with Crippen LogP contribution >= 0.6 is 0 Å². The van der Waals surface area contributed by atoms with E-state index in [2.05, 4.69) is 25.1 Å². The van der Waals surface area contributed by atoms with Crippen LogP contribution in [0.4, 0.5) is 24.7 Å². The second kappa shape index (κ2) is 7.30. The lowest BCUT2D eigenvalue weighted by molar-refractivity contribution is -0.274. The number of methoxy groups -OCH3 is 1. The summed E-state index contributed by atoms with van der Waals surface area (Å²) in [6.45, 7) is 0. The summed E-state index contributed by atoms with van der Waals surface area (Å²) in [4.78, 5) is 8.63. The SMILES string of the molecule is COc1ccc(Nc2ccn3ncc(-c4cccc(OC(F)(F)F)c4)c3n2)cn1. The number of aromatic nitrogens is 4. The highest BCUT2D eigenvalue weighted by Crippen LogP contribution is 2.30. The van der Waals surface area contributed by atoms with Gasteiger partial charge in [-0.15, -0.1) is 13.2 Å². The predicted octanol–water partition coefficient (Wildman–Crippen LogP) is 4.44. The molecule has 3 aromatic heterocycles. The maximum Gasteiger partial charge on any atom is 0.573 e. The van der Waals surface area contributed by atoms with Crippen molar-refractivity contribution in [3.8, 4) is 22.8 Å². The van der Waals surface area contributed by atoms with Crippen LogP contribution in [0.5, 0.6) is 11.6 Å². The van der Waals surface area contributed by atoms with Gasteiger partial charge in [-0.1, -0.05) is 12.1 Å². The summed E-state index contributed by atoms with van der Waals surface area (Å²) >= 11 is 0. The van der Waals surface area contributed by atoms with Crippen LogP contribution in [0, 0.1) is 0 Å². The summed E-state index contributed by atoms with van der Waals surface area (Å²) in [5.74, 6) is 0.694. The van der Waals surface area contributed by atoms with Gasteiger partial charge in [0, 0.05) is 17.8 Å². The zero-order valence-electron chi connectivity index (χ0n) is 15.0. The number of hydrogen-bond acceptors (Lipinski definition) is 6. The third kappa shape index (κ3) is 4.21. The zero-order chi connectivity index (χ0) is 20.4. The van der Waals surface area contributed by atoms with Crippen LogP contribution in [-0.2, 0) is 0 Å². The van der Waals surface area contributed by atoms with E-state index in [-0.39, 0.29) is 5.75 Å². The molecule has 29 heavy (non-hydrogen) atoms. The Morgan fingerprint density at radius 1 is 1.07 bits per heavy atom. The fraction of sp³-hybridized carbons (Fsp3) is 0.105. The van der Waals surface area contributed by atoms with E-state index in [0.29, 0.717) is 34.2 Å². The van der Waals surface area contributed by atoms with Gasteiger partial charge >= 0.3 is 6.36 Å². The van der Waals surface area contributed by atoms with Gasteiger partial charge in [0.15, 0.2) is 5.65 Å². The van der Waals surface area contributed by atoms with Crippen LogP contribution in [0.1, 0.15) is 0 Å². The molecule has 1 aromatic carbocycles. The minimum Gasteiger partial charge on any atom is -0.481 e. The molecule has 1 N–H and O–H groups in total. The molecular weight excluding hydrogens is 387 g/mol. The molecule has 0 aliphatic heterocycles. The highest BCUT2D eigenvalue weighted by Gasteiger charge is 2.31. The van der Waals surface area contributed by atoms with Gasteiger partial charge in [-0.25, -0.2) is 14.5 Å². The van der Waals surface area contributed by atoms with E-state index in [1.165, 1.54) is 36.0 Å². The van der Waals surface area contributed by atoms with Crippen molar-refractivity contribution < 1.29 is 22.6 Å². The van der Waals surface area contributed by atoms with Gasteiger partial charge in [0.05, 0.1) is 25.2 Å². The molecule has 7 nitrogen and oxygen atoms in total. The quantitative estimate of drug-likeness (QED) is 0.533. The van der Waals surface area contributed by atoms with Crippen LogP contribution in [0.2, 0.25) is 0 Å². The average Bonchev–Trinajstić information content (AvgIpc) is 3.11. The molecular formula is C19H14F3N5O2. The summed E-state index contributed by atoms with van der Waals surface area (Å²) in [5.41, 5.74) is 2.23. The molecule has 0 spiro atoms. The summed E-state index contributed by atoms with van der Waals surface area (Å²) in [6.07, 6.45) is 0.0658.